The molecule has 0 saturated heterocycles. The number of allylic oxidation sites excluding steroid dienone is 1. The zero-order valence-electron chi connectivity index (χ0n) is 34.7. The van der Waals surface area contributed by atoms with E-state index in [1.165, 1.54) is 32.7 Å². The molecule has 4 nitrogen and oxygen atoms in total. The maximum atomic E-state index is 6.64. The lowest BCUT2D eigenvalue weighted by molar-refractivity contribution is 0.668. The summed E-state index contributed by atoms with van der Waals surface area (Å²) in [6, 6.07) is 73.4. The molecule has 63 heavy (non-hydrogen) atoms. The molecule has 0 bridgehead atoms. The topological polar surface area (TPSA) is 42.8 Å². The van der Waals surface area contributed by atoms with Gasteiger partial charge in [-0.3, -0.25) is 0 Å². The van der Waals surface area contributed by atoms with Gasteiger partial charge in [-0.15, -0.1) is 0 Å². The van der Waals surface area contributed by atoms with Crippen molar-refractivity contribution in [3.8, 4) is 27.9 Å². The molecule has 4 heteroatoms. The minimum atomic E-state index is 0.0849. The number of para-hydroxylation sites is 2. The SMILES string of the molecule is CC1C/C=C(\c2cc3c(cc2-n2c4ccccc4c4cc5ccccc5cc42)oc2ccccc23)N=C(c2ccc(-c3ccccc3)cc2)N=C1c1cccc(-c2ccccc2)c1. The molecule has 12 rings (SSSR count). The number of rotatable bonds is 6. The Hall–Kier alpha value is -8.08. The van der Waals surface area contributed by atoms with Crippen LogP contribution in [0, 0.1) is 5.92 Å². The summed E-state index contributed by atoms with van der Waals surface area (Å²) in [5.74, 6) is 0.755. The van der Waals surface area contributed by atoms with E-state index >= 15 is 0 Å². The number of benzene rings is 9. The highest BCUT2D eigenvalue weighted by molar-refractivity contribution is 6.17. The van der Waals surface area contributed by atoms with Gasteiger partial charge < -0.3 is 8.98 Å². The maximum absolute atomic E-state index is 6.64. The van der Waals surface area contributed by atoms with Crippen LogP contribution < -0.4 is 0 Å². The molecule has 2 aromatic heterocycles. The Morgan fingerprint density at radius 2 is 1.06 bits per heavy atom. The molecular weight excluding hydrogens is 767 g/mol. The van der Waals surface area contributed by atoms with E-state index < -0.39 is 0 Å². The Balaban J connectivity index is 1.11. The Labute approximate surface area is 365 Å². The van der Waals surface area contributed by atoms with E-state index in [0.29, 0.717) is 5.84 Å². The smallest absolute Gasteiger partial charge is 0.160 e. The second-order valence-corrected chi connectivity index (χ2v) is 16.6. The monoisotopic (exact) mass is 807 g/mol. The van der Waals surface area contributed by atoms with Gasteiger partial charge in [0, 0.05) is 44.7 Å². The van der Waals surface area contributed by atoms with Crippen LogP contribution in [0.5, 0.6) is 0 Å². The predicted octanol–water partition coefficient (Wildman–Crippen LogP) is 15.5. The molecule has 0 spiro atoms. The molecular formula is C59H41N3O. The molecule has 3 heterocycles. The highest BCUT2D eigenvalue weighted by Crippen LogP contribution is 2.41. The lowest BCUT2D eigenvalue weighted by Gasteiger charge is -2.20. The molecule has 1 unspecified atom stereocenters. The number of aliphatic imine (C=N–C) groups is 2. The van der Waals surface area contributed by atoms with Crippen LogP contribution in [0.3, 0.4) is 0 Å². The van der Waals surface area contributed by atoms with Crippen molar-refractivity contribution in [3.05, 3.63) is 229 Å². The third-order valence-electron chi connectivity index (χ3n) is 12.7. The van der Waals surface area contributed by atoms with E-state index in [0.717, 1.165) is 84.3 Å². The Kier molecular flexibility index (Phi) is 8.82. The van der Waals surface area contributed by atoms with Crippen LogP contribution >= 0.6 is 0 Å². The molecule has 1 atom stereocenters. The van der Waals surface area contributed by atoms with Crippen LogP contribution in [0.15, 0.2) is 227 Å². The minimum Gasteiger partial charge on any atom is -0.456 e. The fourth-order valence-corrected chi connectivity index (χ4v) is 9.45. The lowest BCUT2D eigenvalue weighted by atomic mass is 9.91. The average molecular weight is 808 g/mol. The fraction of sp³-hybridized carbons (Fsp3) is 0.0508. The van der Waals surface area contributed by atoms with Gasteiger partial charge in [0.2, 0.25) is 0 Å². The van der Waals surface area contributed by atoms with E-state index in [4.69, 9.17) is 14.4 Å². The molecule has 0 N–H and O–H groups in total. The van der Waals surface area contributed by atoms with Gasteiger partial charge in [0.25, 0.3) is 0 Å². The summed E-state index contributed by atoms with van der Waals surface area (Å²) in [7, 11) is 0. The first kappa shape index (κ1) is 36.7. The van der Waals surface area contributed by atoms with Gasteiger partial charge in [-0.1, -0.05) is 177 Å². The van der Waals surface area contributed by atoms with Gasteiger partial charge in [0.15, 0.2) is 5.84 Å². The summed E-state index contributed by atoms with van der Waals surface area (Å²) in [6.45, 7) is 2.29. The van der Waals surface area contributed by atoms with Crippen molar-refractivity contribution in [1.29, 1.82) is 0 Å². The molecule has 9 aromatic carbocycles. The first-order chi connectivity index (χ1) is 31.1. The van der Waals surface area contributed by atoms with Crippen molar-refractivity contribution >= 4 is 71.8 Å². The third kappa shape index (κ3) is 6.47. The van der Waals surface area contributed by atoms with Crippen molar-refractivity contribution in [2.24, 2.45) is 15.9 Å². The fourth-order valence-electron chi connectivity index (χ4n) is 9.45. The highest BCUT2D eigenvalue weighted by atomic mass is 16.3. The van der Waals surface area contributed by atoms with Crippen LogP contribution in [0.2, 0.25) is 0 Å². The van der Waals surface area contributed by atoms with E-state index in [2.05, 4.69) is 218 Å². The van der Waals surface area contributed by atoms with Gasteiger partial charge in [-0.2, -0.15) is 0 Å². The summed E-state index contributed by atoms with van der Waals surface area (Å²) in [5, 5.41) is 6.94. The molecule has 0 aliphatic carbocycles. The molecule has 0 amide bonds. The number of fused-ring (bicyclic) bond motifs is 7. The van der Waals surface area contributed by atoms with Crippen molar-refractivity contribution in [3.63, 3.8) is 0 Å². The molecule has 1 aliphatic rings. The van der Waals surface area contributed by atoms with Crippen molar-refractivity contribution in [1.82, 2.24) is 4.57 Å². The molecule has 0 saturated carbocycles. The first-order valence-electron chi connectivity index (χ1n) is 21.7. The standard InChI is InChI=1S/C59H41N3O/c1-38-27-32-52(60-59(42-30-28-41(29-31-42)39-15-4-2-5-16-39)61-58(38)46-22-14-21-43(33-46)40-17-6-3-7-18-40)51-36-50-48-24-11-13-26-56(48)63-57(50)37-55(51)62-53-25-12-10-23-47(53)49-34-44-19-8-9-20-45(44)35-54(49)62/h2-26,28-38H,27H2,1H3/b52-32+,60-59?,61-58?. The second kappa shape index (κ2) is 15.1. The third-order valence-corrected chi connectivity index (χ3v) is 12.7. The van der Waals surface area contributed by atoms with Crippen LogP contribution in [-0.4, -0.2) is 16.1 Å². The second-order valence-electron chi connectivity index (χ2n) is 16.6. The lowest BCUT2D eigenvalue weighted by Crippen LogP contribution is -2.17. The number of hydrogen-bond acceptors (Lipinski definition) is 3. The Morgan fingerprint density at radius 1 is 0.444 bits per heavy atom. The van der Waals surface area contributed by atoms with Gasteiger partial charge in [-0.25, -0.2) is 9.98 Å². The van der Waals surface area contributed by atoms with Gasteiger partial charge >= 0.3 is 0 Å². The van der Waals surface area contributed by atoms with Gasteiger partial charge in [0.05, 0.1) is 28.1 Å². The molecule has 298 valence electrons. The normalized spacial score (nSPS) is 15.3. The summed E-state index contributed by atoms with van der Waals surface area (Å²) in [5.41, 5.74) is 14.6. The molecule has 1 aliphatic heterocycles. The summed E-state index contributed by atoms with van der Waals surface area (Å²) < 4.78 is 9.05. The summed E-state index contributed by atoms with van der Waals surface area (Å²) >= 11 is 0. The number of nitrogens with zero attached hydrogens (tertiary/aromatic N) is 3. The summed E-state index contributed by atoms with van der Waals surface area (Å²) in [4.78, 5) is 11.3. The first-order valence-corrected chi connectivity index (χ1v) is 21.7. The maximum Gasteiger partial charge on any atom is 0.160 e. The van der Waals surface area contributed by atoms with Crippen LogP contribution in [-0.2, 0) is 0 Å². The van der Waals surface area contributed by atoms with Crippen molar-refractivity contribution in [2.45, 2.75) is 13.3 Å². The van der Waals surface area contributed by atoms with E-state index in [1.54, 1.807) is 0 Å². The number of amidine groups is 1. The van der Waals surface area contributed by atoms with Crippen LogP contribution in [0.4, 0.5) is 0 Å². The van der Waals surface area contributed by atoms with Crippen molar-refractivity contribution < 1.29 is 4.42 Å². The molecule has 11 aromatic rings. The van der Waals surface area contributed by atoms with Gasteiger partial charge in [-0.05, 0) is 81.4 Å². The minimum absolute atomic E-state index is 0.0849. The van der Waals surface area contributed by atoms with Crippen LogP contribution in [0.1, 0.15) is 30.0 Å². The number of aromatic nitrogens is 1. The summed E-state index contributed by atoms with van der Waals surface area (Å²) in [6.07, 6.45) is 3.07. The van der Waals surface area contributed by atoms with E-state index in [-0.39, 0.29) is 5.92 Å². The highest BCUT2D eigenvalue weighted by Gasteiger charge is 2.24. The van der Waals surface area contributed by atoms with Crippen LogP contribution in [0.25, 0.3) is 88.2 Å². The van der Waals surface area contributed by atoms with E-state index in [1.807, 2.05) is 6.07 Å². The number of furan rings is 1. The largest absolute Gasteiger partial charge is 0.456 e. The Morgan fingerprint density at radius 3 is 1.86 bits per heavy atom. The van der Waals surface area contributed by atoms with Gasteiger partial charge in [0.1, 0.15) is 11.2 Å². The molecule has 0 radical (unpaired) electrons. The Bertz CT molecular complexity index is 3640. The quantitative estimate of drug-likeness (QED) is 0.165. The zero-order valence-corrected chi connectivity index (χ0v) is 34.7. The molecule has 0 fully saturated rings. The van der Waals surface area contributed by atoms with Crippen molar-refractivity contribution in [2.75, 3.05) is 0 Å². The zero-order chi connectivity index (χ0) is 41.9. The number of hydrogen-bond donors (Lipinski definition) is 0. The van der Waals surface area contributed by atoms with E-state index in [9.17, 15) is 0 Å². The predicted molar refractivity (Wildman–Crippen MR) is 264 cm³/mol. The average Bonchev–Trinajstić information content (AvgIpc) is 3.87.